The van der Waals surface area contributed by atoms with Gasteiger partial charge in [0.15, 0.2) is 5.96 Å². The summed E-state index contributed by atoms with van der Waals surface area (Å²) in [5.41, 5.74) is 0.234. The van der Waals surface area contributed by atoms with Crippen molar-refractivity contribution >= 4 is 29.9 Å². The van der Waals surface area contributed by atoms with Gasteiger partial charge in [-0.15, -0.1) is 24.0 Å². The van der Waals surface area contributed by atoms with Gasteiger partial charge in [-0.05, 0) is 26.2 Å². The van der Waals surface area contributed by atoms with Crippen LogP contribution in [0.3, 0.4) is 0 Å². The molecule has 4 nitrogen and oxygen atoms in total. The molecule has 0 amide bonds. The Morgan fingerprint density at radius 1 is 1.37 bits per heavy atom. The highest BCUT2D eigenvalue weighted by Gasteiger charge is 2.29. The molecule has 0 bridgehead atoms. The van der Waals surface area contributed by atoms with Crippen LogP contribution in [0.15, 0.2) is 4.99 Å². The number of aliphatic imine (C=N–C) groups is 1. The molecule has 1 aliphatic heterocycles. The lowest BCUT2D eigenvalue weighted by Gasteiger charge is -2.21. The molecule has 1 unspecified atom stereocenters. The lowest BCUT2D eigenvalue weighted by Crippen LogP contribution is -2.43. The summed E-state index contributed by atoms with van der Waals surface area (Å²) in [6.45, 7) is 7.90. The first kappa shape index (κ1) is 17.0. The highest BCUT2D eigenvalue weighted by molar-refractivity contribution is 14.0. The van der Waals surface area contributed by atoms with E-state index in [1.54, 1.807) is 0 Å². The number of hydrogen-bond acceptors (Lipinski definition) is 2. The van der Waals surface area contributed by atoms with Gasteiger partial charge >= 0.3 is 0 Å². The van der Waals surface area contributed by atoms with Gasteiger partial charge in [0, 0.05) is 24.6 Å². The highest BCUT2D eigenvalue weighted by atomic mass is 127. The van der Waals surface area contributed by atoms with Crippen molar-refractivity contribution in [2.24, 2.45) is 10.4 Å². The van der Waals surface area contributed by atoms with E-state index in [0.717, 1.165) is 38.7 Å². The zero-order valence-electron chi connectivity index (χ0n) is 12.2. The van der Waals surface area contributed by atoms with Crippen molar-refractivity contribution in [3.8, 4) is 0 Å². The van der Waals surface area contributed by atoms with Crippen LogP contribution in [0.2, 0.25) is 0 Å². The van der Waals surface area contributed by atoms with Gasteiger partial charge in [-0.3, -0.25) is 4.99 Å². The minimum atomic E-state index is 0. The first-order valence-corrected chi connectivity index (χ1v) is 7.34. The molecule has 0 spiro atoms. The maximum Gasteiger partial charge on any atom is 0.191 e. The number of nitrogens with one attached hydrogen (secondary N) is 2. The van der Waals surface area contributed by atoms with Crippen LogP contribution in [-0.2, 0) is 4.74 Å². The SMILES string of the molecule is CCNC(=NCC1(C)CCOC1)NC1CCCC1.I. The van der Waals surface area contributed by atoms with Crippen LogP contribution in [0.5, 0.6) is 0 Å². The van der Waals surface area contributed by atoms with Crippen molar-refractivity contribution in [2.75, 3.05) is 26.3 Å². The molecular weight excluding hydrogens is 353 g/mol. The second-order valence-electron chi connectivity index (χ2n) is 5.93. The summed E-state index contributed by atoms with van der Waals surface area (Å²) in [6, 6.07) is 0.621. The van der Waals surface area contributed by atoms with E-state index in [-0.39, 0.29) is 29.4 Å². The summed E-state index contributed by atoms with van der Waals surface area (Å²) >= 11 is 0. The zero-order chi connectivity index (χ0) is 12.8. The molecule has 5 heteroatoms. The average Bonchev–Trinajstić information content (AvgIpc) is 2.99. The van der Waals surface area contributed by atoms with E-state index in [1.165, 1.54) is 25.7 Å². The lowest BCUT2D eigenvalue weighted by molar-refractivity contribution is 0.163. The molecule has 1 saturated carbocycles. The normalized spacial score (nSPS) is 28.2. The topological polar surface area (TPSA) is 45.7 Å². The Labute approximate surface area is 134 Å². The number of ether oxygens (including phenoxy) is 1. The van der Waals surface area contributed by atoms with Crippen molar-refractivity contribution in [1.29, 1.82) is 0 Å². The fourth-order valence-electron chi connectivity index (χ4n) is 2.69. The number of nitrogens with zero attached hydrogens (tertiary/aromatic N) is 1. The molecule has 1 aliphatic carbocycles. The number of rotatable bonds is 4. The Balaban J connectivity index is 0.00000180. The van der Waals surface area contributed by atoms with E-state index >= 15 is 0 Å². The van der Waals surface area contributed by atoms with Gasteiger partial charge in [-0.25, -0.2) is 0 Å². The summed E-state index contributed by atoms with van der Waals surface area (Å²) in [6.07, 6.45) is 6.39. The van der Waals surface area contributed by atoms with E-state index in [2.05, 4.69) is 24.5 Å². The second kappa shape index (κ2) is 8.29. The van der Waals surface area contributed by atoms with E-state index in [4.69, 9.17) is 9.73 Å². The minimum Gasteiger partial charge on any atom is -0.381 e. The molecule has 2 N–H and O–H groups in total. The monoisotopic (exact) mass is 381 g/mol. The predicted octanol–water partition coefficient (Wildman–Crippen LogP) is 2.53. The van der Waals surface area contributed by atoms with Gasteiger partial charge in [0.25, 0.3) is 0 Å². The summed E-state index contributed by atoms with van der Waals surface area (Å²) in [4.78, 5) is 4.75. The van der Waals surface area contributed by atoms with Crippen molar-refractivity contribution in [3.63, 3.8) is 0 Å². The molecular formula is C14H28IN3O. The Morgan fingerprint density at radius 3 is 2.68 bits per heavy atom. The van der Waals surface area contributed by atoms with Crippen LogP contribution in [0.25, 0.3) is 0 Å². The van der Waals surface area contributed by atoms with Crippen molar-refractivity contribution in [1.82, 2.24) is 10.6 Å². The minimum absolute atomic E-state index is 0. The van der Waals surface area contributed by atoms with Crippen LogP contribution in [0.4, 0.5) is 0 Å². The van der Waals surface area contributed by atoms with Gasteiger partial charge in [0.05, 0.1) is 13.2 Å². The van der Waals surface area contributed by atoms with Gasteiger partial charge in [0.2, 0.25) is 0 Å². The molecule has 2 rings (SSSR count). The molecule has 1 atom stereocenters. The Bertz CT molecular complexity index is 284. The third-order valence-corrected chi connectivity index (χ3v) is 3.96. The summed E-state index contributed by atoms with van der Waals surface area (Å²) in [7, 11) is 0. The van der Waals surface area contributed by atoms with Crippen molar-refractivity contribution in [3.05, 3.63) is 0 Å². The molecule has 2 fully saturated rings. The lowest BCUT2D eigenvalue weighted by atomic mass is 9.90. The summed E-state index contributed by atoms with van der Waals surface area (Å²) in [5.74, 6) is 0.984. The molecule has 0 radical (unpaired) electrons. The van der Waals surface area contributed by atoms with Crippen LogP contribution in [-0.4, -0.2) is 38.3 Å². The second-order valence-corrected chi connectivity index (χ2v) is 5.93. The van der Waals surface area contributed by atoms with Gasteiger partial charge in [-0.1, -0.05) is 19.8 Å². The van der Waals surface area contributed by atoms with Gasteiger partial charge in [0.1, 0.15) is 0 Å². The maximum atomic E-state index is 5.48. The molecule has 0 aromatic rings. The summed E-state index contributed by atoms with van der Waals surface area (Å²) in [5, 5.41) is 6.90. The van der Waals surface area contributed by atoms with Crippen LogP contribution in [0, 0.1) is 5.41 Å². The van der Waals surface area contributed by atoms with E-state index in [0.29, 0.717) is 6.04 Å². The number of guanidine groups is 1. The summed E-state index contributed by atoms with van der Waals surface area (Å²) < 4.78 is 5.48. The number of hydrogen-bond donors (Lipinski definition) is 2. The van der Waals surface area contributed by atoms with Crippen molar-refractivity contribution < 1.29 is 4.74 Å². The van der Waals surface area contributed by atoms with E-state index in [1.807, 2.05) is 0 Å². The Kier molecular flexibility index (Phi) is 7.42. The molecule has 19 heavy (non-hydrogen) atoms. The van der Waals surface area contributed by atoms with Crippen LogP contribution < -0.4 is 10.6 Å². The van der Waals surface area contributed by atoms with Crippen LogP contribution >= 0.6 is 24.0 Å². The molecule has 1 saturated heterocycles. The van der Waals surface area contributed by atoms with E-state index < -0.39 is 0 Å². The highest BCUT2D eigenvalue weighted by Crippen LogP contribution is 2.27. The molecule has 1 heterocycles. The fraction of sp³-hybridized carbons (Fsp3) is 0.929. The number of halogens is 1. The quantitative estimate of drug-likeness (QED) is 0.447. The smallest absolute Gasteiger partial charge is 0.191 e. The maximum absolute atomic E-state index is 5.48. The molecule has 0 aromatic carbocycles. The van der Waals surface area contributed by atoms with E-state index in [9.17, 15) is 0 Å². The Morgan fingerprint density at radius 2 is 2.11 bits per heavy atom. The fourth-order valence-corrected chi connectivity index (χ4v) is 2.69. The van der Waals surface area contributed by atoms with Crippen LogP contribution in [0.1, 0.15) is 46.0 Å². The first-order valence-electron chi connectivity index (χ1n) is 7.34. The van der Waals surface area contributed by atoms with Crippen molar-refractivity contribution in [2.45, 2.75) is 52.0 Å². The standard InChI is InChI=1S/C14H27N3O.HI/c1-3-15-13(17-12-6-4-5-7-12)16-10-14(2)8-9-18-11-14;/h12H,3-11H2,1-2H3,(H2,15,16,17);1H. The Hall–Kier alpha value is -0.0400. The molecule has 0 aromatic heterocycles. The van der Waals surface area contributed by atoms with Gasteiger partial charge in [-0.2, -0.15) is 0 Å². The molecule has 112 valence electrons. The van der Waals surface area contributed by atoms with Gasteiger partial charge < -0.3 is 15.4 Å². The predicted molar refractivity (Wildman–Crippen MR) is 90.3 cm³/mol. The first-order chi connectivity index (χ1) is 8.72. The zero-order valence-corrected chi connectivity index (χ0v) is 14.5. The largest absolute Gasteiger partial charge is 0.381 e. The third-order valence-electron chi connectivity index (χ3n) is 3.96. The third kappa shape index (κ3) is 5.45. The molecule has 2 aliphatic rings. The average molecular weight is 381 g/mol.